The Balaban J connectivity index is 2.21. The fourth-order valence-electron chi connectivity index (χ4n) is 1.73. The van der Waals surface area contributed by atoms with E-state index in [0.717, 1.165) is 27.5 Å². The minimum Gasteiger partial charge on any atom is -0.493 e. The molecule has 0 heterocycles. The molecule has 0 bridgehead atoms. The van der Waals surface area contributed by atoms with E-state index in [9.17, 15) is 0 Å². The van der Waals surface area contributed by atoms with E-state index in [4.69, 9.17) is 9.47 Å². The molecule has 3 heteroatoms. The second-order valence-electron chi connectivity index (χ2n) is 4.04. The van der Waals surface area contributed by atoms with E-state index in [1.54, 1.807) is 14.2 Å². The minimum atomic E-state index is 0.732. The molecule has 0 spiro atoms. The van der Waals surface area contributed by atoms with Gasteiger partial charge in [-0.05, 0) is 35.4 Å². The number of ether oxygens (including phenoxy) is 2. The van der Waals surface area contributed by atoms with Gasteiger partial charge in [0.2, 0.25) is 0 Å². The molecule has 0 aliphatic carbocycles. The molecule has 0 saturated heterocycles. The van der Waals surface area contributed by atoms with Gasteiger partial charge in [-0.15, -0.1) is 12.6 Å². The molecule has 0 aliphatic heterocycles. The van der Waals surface area contributed by atoms with E-state index < -0.39 is 0 Å². The third kappa shape index (κ3) is 3.55. The molecular weight excluding hydrogens is 256 g/mol. The van der Waals surface area contributed by atoms with E-state index in [1.165, 1.54) is 0 Å². The normalized spacial score (nSPS) is 10.7. The van der Waals surface area contributed by atoms with Gasteiger partial charge >= 0.3 is 0 Å². The zero-order valence-electron chi connectivity index (χ0n) is 11.0. The molecule has 0 aliphatic rings. The lowest BCUT2D eigenvalue weighted by Gasteiger charge is -2.07. The Morgan fingerprint density at radius 1 is 0.789 bits per heavy atom. The van der Waals surface area contributed by atoms with Crippen molar-refractivity contribution in [2.24, 2.45) is 0 Å². The highest BCUT2D eigenvalue weighted by atomic mass is 32.1. The molecule has 0 fully saturated rings. The SMILES string of the molecule is COc1ccc(/C=C/c2ccc(S)cc2)cc1OC. The van der Waals surface area contributed by atoms with Crippen LogP contribution in [0.25, 0.3) is 12.2 Å². The Morgan fingerprint density at radius 3 is 2.00 bits per heavy atom. The predicted molar refractivity (Wildman–Crippen MR) is 82.2 cm³/mol. The van der Waals surface area contributed by atoms with E-state index >= 15 is 0 Å². The van der Waals surface area contributed by atoms with Crippen LogP contribution < -0.4 is 9.47 Å². The molecule has 98 valence electrons. The molecule has 2 rings (SSSR count). The molecule has 2 aromatic rings. The van der Waals surface area contributed by atoms with Gasteiger partial charge < -0.3 is 9.47 Å². The monoisotopic (exact) mass is 272 g/mol. The number of benzene rings is 2. The second kappa shape index (κ2) is 6.34. The summed E-state index contributed by atoms with van der Waals surface area (Å²) < 4.78 is 10.5. The summed E-state index contributed by atoms with van der Waals surface area (Å²) in [5.74, 6) is 1.47. The first-order valence-electron chi connectivity index (χ1n) is 5.92. The Kier molecular flexibility index (Phi) is 4.53. The van der Waals surface area contributed by atoms with Crippen LogP contribution in [-0.2, 0) is 0 Å². The Labute approximate surface area is 119 Å². The molecule has 0 radical (unpaired) electrons. The lowest BCUT2D eigenvalue weighted by Crippen LogP contribution is -1.90. The molecule has 2 nitrogen and oxygen atoms in total. The summed E-state index contributed by atoms with van der Waals surface area (Å²) in [4.78, 5) is 0.961. The van der Waals surface area contributed by atoms with Gasteiger partial charge in [0.05, 0.1) is 14.2 Å². The third-order valence-electron chi connectivity index (χ3n) is 2.77. The quantitative estimate of drug-likeness (QED) is 0.665. The van der Waals surface area contributed by atoms with E-state index in [-0.39, 0.29) is 0 Å². The van der Waals surface area contributed by atoms with Crippen LogP contribution in [0.1, 0.15) is 11.1 Å². The maximum atomic E-state index is 5.28. The van der Waals surface area contributed by atoms with Gasteiger partial charge in [-0.3, -0.25) is 0 Å². The average molecular weight is 272 g/mol. The van der Waals surface area contributed by atoms with E-state index in [0.29, 0.717) is 0 Å². The zero-order valence-corrected chi connectivity index (χ0v) is 11.9. The summed E-state index contributed by atoms with van der Waals surface area (Å²) in [6.07, 6.45) is 4.09. The Morgan fingerprint density at radius 2 is 1.37 bits per heavy atom. The van der Waals surface area contributed by atoms with Crippen molar-refractivity contribution in [3.05, 3.63) is 53.6 Å². The molecule has 0 atom stereocenters. The smallest absolute Gasteiger partial charge is 0.161 e. The van der Waals surface area contributed by atoms with E-state index in [2.05, 4.69) is 18.7 Å². The van der Waals surface area contributed by atoms with Gasteiger partial charge in [0.15, 0.2) is 11.5 Å². The fraction of sp³-hybridized carbons (Fsp3) is 0.125. The number of hydrogen-bond donors (Lipinski definition) is 1. The highest BCUT2D eigenvalue weighted by Gasteiger charge is 2.02. The van der Waals surface area contributed by atoms with Crippen LogP contribution in [0.3, 0.4) is 0 Å². The van der Waals surface area contributed by atoms with Crippen LogP contribution in [-0.4, -0.2) is 14.2 Å². The molecule has 0 unspecified atom stereocenters. The lowest BCUT2D eigenvalue weighted by atomic mass is 10.1. The van der Waals surface area contributed by atoms with Crippen LogP contribution in [0, 0.1) is 0 Å². The highest BCUT2D eigenvalue weighted by molar-refractivity contribution is 7.80. The van der Waals surface area contributed by atoms with Crippen molar-refractivity contribution in [3.63, 3.8) is 0 Å². The van der Waals surface area contributed by atoms with Gasteiger partial charge in [0.25, 0.3) is 0 Å². The van der Waals surface area contributed by atoms with Crippen molar-refractivity contribution >= 4 is 24.8 Å². The van der Waals surface area contributed by atoms with Crippen LogP contribution in [0.2, 0.25) is 0 Å². The van der Waals surface area contributed by atoms with Gasteiger partial charge in [-0.2, -0.15) is 0 Å². The number of methoxy groups -OCH3 is 2. The minimum absolute atomic E-state index is 0.732. The Bertz CT molecular complexity index is 574. The van der Waals surface area contributed by atoms with Crippen LogP contribution >= 0.6 is 12.6 Å². The van der Waals surface area contributed by atoms with Crippen molar-refractivity contribution in [1.82, 2.24) is 0 Å². The van der Waals surface area contributed by atoms with E-state index in [1.807, 2.05) is 48.5 Å². The molecule has 0 saturated carbocycles. The maximum absolute atomic E-state index is 5.28. The fourth-order valence-corrected chi connectivity index (χ4v) is 1.88. The number of hydrogen-bond acceptors (Lipinski definition) is 3. The van der Waals surface area contributed by atoms with Crippen LogP contribution in [0.15, 0.2) is 47.4 Å². The first-order valence-corrected chi connectivity index (χ1v) is 6.37. The highest BCUT2D eigenvalue weighted by Crippen LogP contribution is 2.28. The third-order valence-corrected chi connectivity index (χ3v) is 3.07. The summed E-state index contributed by atoms with van der Waals surface area (Å²) in [7, 11) is 3.27. The number of thiol groups is 1. The van der Waals surface area contributed by atoms with Gasteiger partial charge in [-0.25, -0.2) is 0 Å². The molecule has 0 amide bonds. The van der Waals surface area contributed by atoms with Crippen molar-refractivity contribution in [2.75, 3.05) is 14.2 Å². The van der Waals surface area contributed by atoms with Crippen molar-refractivity contribution < 1.29 is 9.47 Å². The van der Waals surface area contributed by atoms with Crippen molar-refractivity contribution in [1.29, 1.82) is 0 Å². The zero-order chi connectivity index (χ0) is 13.7. The molecule has 0 aromatic heterocycles. The largest absolute Gasteiger partial charge is 0.493 e. The standard InChI is InChI=1S/C16H16O2S/c1-17-15-10-7-13(11-16(15)18-2)4-3-12-5-8-14(19)9-6-12/h3-11,19H,1-2H3/b4-3+. The topological polar surface area (TPSA) is 18.5 Å². The van der Waals surface area contributed by atoms with Gasteiger partial charge in [-0.1, -0.05) is 30.4 Å². The summed E-state index contributed by atoms with van der Waals surface area (Å²) in [6.45, 7) is 0. The van der Waals surface area contributed by atoms with Gasteiger partial charge in [0, 0.05) is 4.90 Å². The van der Waals surface area contributed by atoms with Crippen LogP contribution in [0.4, 0.5) is 0 Å². The average Bonchev–Trinajstić information content (AvgIpc) is 2.46. The first kappa shape index (κ1) is 13.6. The van der Waals surface area contributed by atoms with Crippen molar-refractivity contribution in [3.8, 4) is 11.5 Å². The molecule has 2 aromatic carbocycles. The lowest BCUT2D eigenvalue weighted by molar-refractivity contribution is 0.355. The Hall–Kier alpha value is -1.87. The summed E-state index contributed by atoms with van der Waals surface area (Å²) in [5.41, 5.74) is 2.19. The summed E-state index contributed by atoms with van der Waals surface area (Å²) in [6, 6.07) is 13.8. The second-order valence-corrected chi connectivity index (χ2v) is 4.56. The van der Waals surface area contributed by atoms with Crippen LogP contribution in [0.5, 0.6) is 11.5 Å². The maximum Gasteiger partial charge on any atom is 0.161 e. The molecule has 19 heavy (non-hydrogen) atoms. The van der Waals surface area contributed by atoms with Gasteiger partial charge in [0.1, 0.15) is 0 Å². The summed E-state index contributed by atoms with van der Waals surface area (Å²) >= 11 is 4.26. The predicted octanol–water partition coefficient (Wildman–Crippen LogP) is 4.16. The van der Waals surface area contributed by atoms with Crippen molar-refractivity contribution in [2.45, 2.75) is 4.90 Å². The molecule has 0 N–H and O–H groups in total. The molecular formula is C16H16O2S. The number of rotatable bonds is 4. The summed E-state index contributed by atoms with van der Waals surface area (Å²) in [5, 5.41) is 0. The first-order chi connectivity index (χ1) is 9.22.